The average molecular weight is 525 g/mol. The lowest BCUT2D eigenvalue weighted by Crippen LogP contribution is -2.37. The van der Waals surface area contributed by atoms with Crippen LogP contribution in [0.2, 0.25) is 5.02 Å². The molecule has 1 saturated heterocycles. The van der Waals surface area contributed by atoms with E-state index in [0.29, 0.717) is 41.0 Å². The summed E-state index contributed by atoms with van der Waals surface area (Å²) < 4.78 is 51.6. The molecule has 2 heterocycles. The highest BCUT2D eigenvalue weighted by atomic mass is 35.5. The maximum atomic E-state index is 14.4. The van der Waals surface area contributed by atoms with Crippen molar-refractivity contribution in [2.45, 2.75) is 0 Å². The van der Waals surface area contributed by atoms with Gasteiger partial charge in [0.05, 0.1) is 34.5 Å². The zero-order valence-corrected chi connectivity index (χ0v) is 20.5. The molecule has 1 aliphatic rings. The van der Waals surface area contributed by atoms with Gasteiger partial charge in [0.15, 0.2) is 11.6 Å². The number of nitrogens with one attached hydrogen (secondary N) is 3. The zero-order valence-electron chi connectivity index (χ0n) is 18.1. The minimum Gasteiger partial charge on any atom is -0.370 e. The summed E-state index contributed by atoms with van der Waals surface area (Å²) in [6.45, 7) is 1.39. The quantitative estimate of drug-likeness (QED) is 0.428. The van der Waals surface area contributed by atoms with E-state index in [1.165, 1.54) is 0 Å². The Kier molecular flexibility index (Phi) is 7.19. The maximum Gasteiger partial charge on any atom is 0.229 e. The Hall–Kier alpha value is -2.96. The highest BCUT2D eigenvalue weighted by molar-refractivity contribution is 7.92. The first kappa shape index (κ1) is 24.2. The van der Waals surface area contributed by atoms with Crippen molar-refractivity contribution in [3.63, 3.8) is 0 Å². The molecule has 9 nitrogen and oxygen atoms in total. The van der Waals surface area contributed by atoms with E-state index in [9.17, 15) is 17.0 Å². The van der Waals surface area contributed by atoms with Gasteiger partial charge in [-0.05, 0) is 30.3 Å². The Balaban J connectivity index is 1.53. The first-order valence-electron chi connectivity index (χ1n) is 10.2. The second-order valence-corrected chi connectivity index (χ2v) is 11.4. The molecule has 34 heavy (non-hydrogen) atoms. The van der Waals surface area contributed by atoms with Crippen LogP contribution in [-0.4, -0.2) is 53.4 Å². The summed E-state index contributed by atoms with van der Waals surface area (Å²) >= 11 is 6.45. The van der Waals surface area contributed by atoms with E-state index < -0.39 is 26.6 Å². The van der Waals surface area contributed by atoms with Crippen molar-refractivity contribution in [3.05, 3.63) is 59.5 Å². The maximum absolute atomic E-state index is 14.4. The fourth-order valence-electron chi connectivity index (χ4n) is 3.34. The number of nitrogens with zero attached hydrogens (tertiary/aromatic N) is 3. The molecular weight excluding hydrogens is 503 g/mol. The molecule has 2 aromatic carbocycles. The standard InChI is InChI=1S/C21H22ClFN6O3S2/c1-34(31,32)28-19-5-3-2-4-18(19)25-20-16(23)13-24-21(27-20)26-17-7-6-14(12-15(17)22)29-8-10-33(30)11-9-29/h2-7,12-13,28H,8-11H2,1H3,(H2,24,25,26,27). The molecule has 3 N–H and O–H groups in total. The van der Waals surface area contributed by atoms with E-state index in [-0.39, 0.29) is 17.5 Å². The van der Waals surface area contributed by atoms with E-state index in [0.717, 1.165) is 18.1 Å². The lowest BCUT2D eigenvalue weighted by Gasteiger charge is -2.28. The molecule has 0 saturated carbocycles. The van der Waals surface area contributed by atoms with Crippen molar-refractivity contribution in [1.82, 2.24) is 9.97 Å². The largest absolute Gasteiger partial charge is 0.370 e. The van der Waals surface area contributed by atoms with E-state index >= 15 is 0 Å². The Morgan fingerprint density at radius 1 is 1.06 bits per heavy atom. The van der Waals surface area contributed by atoms with Gasteiger partial charge >= 0.3 is 0 Å². The number of hydrogen-bond donors (Lipinski definition) is 3. The summed E-state index contributed by atoms with van der Waals surface area (Å²) in [6, 6.07) is 11.9. The normalized spacial score (nSPS) is 14.6. The second kappa shape index (κ2) is 10.1. The minimum atomic E-state index is -3.53. The van der Waals surface area contributed by atoms with Crippen molar-refractivity contribution in [3.8, 4) is 0 Å². The molecule has 1 aromatic heterocycles. The summed E-state index contributed by atoms with van der Waals surface area (Å²) in [4.78, 5) is 10.3. The number of para-hydroxylation sites is 2. The van der Waals surface area contributed by atoms with Crippen LogP contribution in [0, 0.1) is 5.82 Å². The summed E-state index contributed by atoms with van der Waals surface area (Å²) in [5.74, 6) is 0.484. The van der Waals surface area contributed by atoms with Crippen LogP contribution < -0.4 is 20.3 Å². The van der Waals surface area contributed by atoms with Crippen LogP contribution in [0.3, 0.4) is 0 Å². The monoisotopic (exact) mass is 524 g/mol. The Morgan fingerprint density at radius 3 is 2.44 bits per heavy atom. The number of halogens is 2. The first-order chi connectivity index (χ1) is 16.2. The summed E-state index contributed by atoms with van der Waals surface area (Å²) in [7, 11) is -4.30. The third-order valence-corrected chi connectivity index (χ3v) is 7.14. The Bertz CT molecular complexity index is 1330. The van der Waals surface area contributed by atoms with Gasteiger partial charge in [0.1, 0.15) is 0 Å². The van der Waals surface area contributed by atoms with Crippen molar-refractivity contribution in [1.29, 1.82) is 0 Å². The molecule has 1 fully saturated rings. The molecule has 0 radical (unpaired) electrons. The minimum absolute atomic E-state index is 0.0977. The summed E-state index contributed by atoms with van der Waals surface area (Å²) in [6.07, 6.45) is 2.03. The van der Waals surface area contributed by atoms with Crippen LogP contribution in [0.1, 0.15) is 0 Å². The summed E-state index contributed by atoms with van der Waals surface area (Å²) in [5.41, 5.74) is 2.02. The smallest absolute Gasteiger partial charge is 0.229 e. The fourth-order valence-corrected chi connectivity index (χ4v) is 5.19. The molecular formula is C21H22ClFN6O3S2. The van der Waals surface area contributed by atoms with Gasteiger partial charge in [0.2, 0.25) is 16.0 Å². The fraction of sp³-hybridized carbons (Fsp3) is 0.238. The van der Waals surface area contributed by atoms with Gasteiger partial charge in [-0.1, -0.05) is 23.7 Å². The van der Waals surface area contributed by atoms with E-state index in [4.69, 9.17) is 11.6 Å². The molecule has 3 aromatic rings. The van der Waals surface area contributed by atoms with Gasteiger partial charge < -0.3 is 15.5 Å². The number of benzene rings is 2. The van der Waals surface area contributed by atoms with Gasteiger partial charge in [0.25, 0.3) is 0 Å². The highest BCUT2D eigenvalue weighted by Crippen LogP contribution is 2.31. The van der Waals surface area contributed by atoms with Crippen LogP contribution in [0.25, 0.3) is 0 Å². The zero-order chi connectivity index (χ0) is 24.3. The van der Waals surface area contributed by atoms with Crippen LogP contribution in [0.15, 0.2) is 48.7 Å². The van der Waals surface area contributed by atoms with Crippen molar-refractivity contribution < 1.29 is 17.0 Å². The number of hydrogen-bond acceptors (Lipinski definition) is 8. The predicted octanol–water partition coefficient (Wildman–Crippen LogP) is 3.70. The highest BCUT2D eigenvalue weighted by Gasteiger charge is 2.17. The molecule has 0 bridgehead atoms. The Labute approximate surface area is 204 Å². The molecule has 180 valence electrons. The van der Waals surface area contributed by atoms with Gasteiger partial charge in [-0.15, -0.1) is 0 Å². The first-order valence-corrected chi connectivity index (χ1v) is 14.0. The molecule has 0 unspecified atom stereocenters. The van der Waals surface area contributed by atoms with Crippen LogP contribution in [0.5, 0.6) is 0 Å². The number of anilines is 6. The number of aromatic nitrogens is 2. The topological polar surface area (TPSA) is 116 Å². The van der Waals surface area contributed by atoms with Crippen LogP contribution in [0.4, 0.5) is 38.9 Å². The van der Waals surface area contributed by atoms with Crippen molar-refractivity contribution in [2.75, 3.05) is 51.1 Å². The van der Waals surface area contributed by atoms with Crippen LogP contribution in [-0.2, 0) is 20.8 Å². The Morgan fingerprint density at radius 2 is 1.76 bits per heavy atom. The molecule has 0 spiro atoms. The summed E-state index contributed by atoms with van der Waals surface area (Å²) in [5, 5.41) is 6.20. The van der Waals surface area contributed by atoms with E-state index in [1.807, 2.05) is 6.07 Å². The lowest BCUT2D eigenvalue weighted by atomic mass is 10.2. The van der Waals surface area contributed by atoms with Gasteiger partial charge in [-0.2, -0.15) is 4.98 Å². The van der Waals surface area contributed by atoms with E-state index in [1.54, 1.807) is 36.4 Å². The van der Waals surface area contributed by atoms with Crippen molar-refractivity contribution in [2.24, 2.45) is 0 Å². The molecule has 0 amide bonds. The SMILES string of the molecule is CS(=O)(=O)Nc1ccccc1Nc1nc(Nc2ccc(N3CCS(=O)CC3)cc2Cl)ncc1F. The number of rotatable bonds is 7. The van der Waals surface area contributed by atoms with Crippen molar-refractivity contribution >= 4 is 66.9 Å². The van der Waals surface area contributed by atoms with Gasteiger partial charge in [-0.3, -0.25) is 8.93 Å². The number of sulfonamides is 1. The van der Waals surface area contributed by atoms with Crippen LogP contribution >= 0.6 is 11.6 Å². The third-order valence-electron chi connectivity index (χ3n) is 4.96. The molecule has 1 aliphatic heterocycles. The average Bonchev–Trinajstić information content (AvgIpc) is 2.78. The molecule has 0 aliphatic carbocycles. The van der Waals surface area contributed by atoms with Gasteiger partial charge in [0, 0.05) is 41.1 Å². The third kappa shape index (κ3) is 6.13. The predicted molar refractivity (Wildman–Crippen MR) is 135 cm³/mol. The van der Waals surface area contributed by atoms with Gasteiger partial charge in [-0.25, -0.2) is 17.8 Å². The second-order valence-electron chi connectivity index (χ2n) is 7.56. The molecule has 4 rings (SSSR count). The van der Waals surface area contributed by atoms with E-state index in [2.05, 4.69) is 30.2 Å². The molecule has 0 atom stereocenters. The molecule has 13 heteroatoms. The lowest BCUT2D eigenvalue weighted by molar-refractivity contribution is 0.607.